The van der Waals surface area contributed by atoms with E-state index < -0.39 is 29.9 Å². The van der Waals surface area contributed by atoms with Crippen LogP contribution in [0.4, 0.5) is 0 Å². The van der Waals surface area contributed by atoms with Crippen LogP contribution in [0, 0.1) is 0 Å². The molecule has 2 heterocycles. The minimum Gasteiger partial charge on any atom is -0.481 e. The predicted molar refractivity (Wildman–Crippen MR) is 80.7 cm³/mol. The van der Waals surface area contributed by atoms with Crippen molar-refractivity contribution in [3.8, 4) is 0 Å². The second kappa shape index (κ2) is 5.98. The maximum atomic E-state index is 12.8. The van der Waals surface area contributed by atoms with Crippen LogP contribution in [-0.2, 0) is 9.59 Å². The second-order valence-electron chi connectivity index (χ2n) is 6.24. The predicted octanol–water partition coefficient (Wildman–Crippen LogP) is 0.810. The number of piperazine rings is 1. The van der Waals surface area contributed by atoms with E-state index in [4.69, 9.17) is 5.11 Å². The van der Waals surface area contributed by atoms with Crippen molar-refractivity contribution in [3.63, 3.8) is 0 Å². The van der Waals surface area contributed by atoms with Crippen molar-refractivity contribution in [1.82, 2.24) is 15.2 Å². The first-order valence-electron chi connectivity index (χ1n) is 7.77. The molecule has 2 fully saturated rings. The number of carbonyl (C=O) groups is 3. The Bertz CT molecular complexity index is 625. The van der Waals surface area contributed by atoms with E-state index in [0.29, 0.717) is 6.54 Å². The van der Waals surface area contributed by atoms with Crippen LogP contribution in [0.1, 0.15) is 42.6 Å². The van der Waals surface area contributed by atoms with E-state index in [1.807, 2.05) is 0 Å². The number of rotatable bonds is 3. The number of nitrogens with zero attached hydrogens (tertiary/aromatic N) is 2. The SMILES string of the molecule is O=C(O)CC1C(=O)NC2(CCCC2)CN1C(=O)c1ccccn1. The Hall–Kier alpha value is -2.44. The van der Waals surface area contributed by atoms with Gasteiger partial charge in [0.1, 0.15) is 11.7 Å². The Balaban J connectivity index is 1.91. The van der Waals surface area contributed by atoms with Crippen molar-refractivity contribution in [2.75, 3.05) is 6.54 Å². The molecule has 0 radical (unpaired) electrons. The Morgan fingerprint density at radius 1 is 1.35 bits per heavy atom. The molecule has 1 atom stereocenters. The molecule has 23 heavy (non-hydrogen) atoms. The van der Waals surface area contributed by atoms with E-state index in [9.17, 15) is 14.4 Å². The number of pyridine rings is 1. The summed E-state index contributed by atoms with van der Waals surface area (Å²) in [5.41, 5.74) is -0.193. The van der Waals surface area contributed by atoms with Gasteiger partial charge in [-0.05, 0) is 25.0 Å². The molecule has 7 nitrogen and oxygen atoms in total. The molecule has 7 heteroatoms. The maximum absolute atomic E-state index is 12.8. The van der Waals surface area contributed by atoms with E-state index in [0.717, 1.165) is 25.7 Å². The Kier molecular flexibility index (Phi) is 4.02. The average molecular weight is 317 g/mol. The number of hydrogen-bond acceptors (Lipinski definition) is 4. The van der Waals surface area contributed by atoms with E-state index in [-0.39, 0.29) is 11.6 Å². The number of carboxylic acid groups (broad SMARTS) is 1. The molecule has 0 bridgehead atoms. The van der Waals surface area contributed by atoms with Crippen LogP contribution in [0.15, 0.2) is 24.4 Å². The summed E-state index contributed by atoms with van der Waals surface area (Å²) in [6.45, 7) is 0.339. The molecule has 1 aliphatic heterocycles. The number of amides is 2. The minimum atomic E-state index is -1.11. The van der Waals surface area contributed by atoms with Crippen molar-refractivity contribution < 1.29 is 19.5 Å². The summed E-state index contributed by atoms with van der Waals surface area (Å²) in [7, 11) is 0. The van der Waals surface area contributed by atoms with E-state index in [1.165, 1.54) is 11.1 Å². The van der Waals surface area contributed by atoms with Crippen molar-refractivity contribution in [2.45, 2.75) is 43.7 Å². The minimum absolute atomic E-state index is 0.228. The molecule has 2 amide bonds. The standard InChI is InChI=1S/C16H19N3O4/c20-13(21)9-12-14(22)18-16(6-2-3-7-16)10-19(12)15(23)11-5-1-4-8-17-11/h1,4-5,8,12H,2-3,6-7,9-10H2,(H,18,22)(H,20,21). The lowest BCUT2D eigenvalue weighted by molar-refractivity contribution is -0.144. The zero-order chi connectivity index (χ0) is 16.4. The molecule has 1 aliphatic carbocycles. The fraction of sp³-hybridized carbons (Fsp3) is 0.500. The highest BCUT2D eigenvalue weighted by molar-refractivity contribution is 5.98. The third-order valence-corrected chi connectivity index (χ3v) is 4.61. The molecule has 2 N–H and O–H groups in total. The van der Waals surface area contributed by atoms with Gasteiger partial charge in [0.15, 0.2) is 0 Å². The number of hydrogen-bond donors (Lipinski definition) is 2. The molecule has 2 aliphatic rings. The summed E-state index contributed by atoms with van der Waals surface area (Å²) >= 11 is 0. The number of nitrogens with one attached hydrogen (secondary N) is 1. The molecule has 122 valence electrons. The lowest BCUT2D eigenvalue weighted by Gasteiger charge is -2.45. The Morgan fingerprint density at radius 2 is 2.09 bits per heavy atom. The van der Waals surface area contributed by atoms with Gasteiger partial charge in [-0.25, -0.2) is 0 Å². The zero-order valence-corrected chi connectivity index (χ0v) is 12.7. The molecule has 0 aromatic carbocycles. The van der Waals surface area contributed by atoms with Crippen molar-refractivity contribution >= 4 is 17.8 Å². The van der Waals surface area contributed by atoms with Crippen molar-refractivity contribution in [2.24, 2.45) is 0 Å². The summed E-state index contributed by atoms with van der Waals surface area (Å²) in [6, 6.07) is 3.98. The summed E-state index contributed by atoms with van der Waals surface area (Å²) in [6.07, 6.45) is 4.72. The molecule has 1 saturated carbocycles. The van der Waals surface area contributed by atoms with Crippen LogP contribution in [0.2, 0.25) is 0 Å². The molecule has 1 unspecified atom stereocenters. The number of aliphatic carboxylic acids is 1. The topological polar surface area (TPSA) is 99.6 Å². The molecule has 1 spiro atoms. The van der Waals surface area contributed by atoms with E-state index in [2.05, 4.69) is 10.3 Å². The number of carboxylic acids is 1. The van der Waals surface area contributed by atoms with Crippen LogP contribution in [0.3, 0.4) is 0 Å². The van der Waals surface area contributed by atoms with Gasteiger partial charge in [-0.2, -0.15) is 0 Å². The molecule has 1 aromatic rings. The van der Waals surface area contributed by atoms with Crippen LogP contribution in [-0.4, -0.2) is 50.9 Å². The number of carbonyl (C=O) groups excluding carboxylic acids is 2. The Labute approximate surface area is 133 Å². The smallest absolute Gasteiger partial charge is 0.305 e. The maximum Gasteiger partial charge on any atom is 0.305 e. The van der Waals surface area contributed by atoms with Crippen LogP contribution in [0.5, 0.6) is 0 Å². The van der Waals surface area contributed by atoms with Crippen LogP contribution >= 0.6 is 0 Å². The molecular weight excluding hydrogens is 298 g/mol. The zero-order valence-electron chi connectivity index (χ0n) is 12.7. The Morgan fingerprint density at radius 3 is 2.70 bits per heavy atom. The van der Waals surface area contributed by atoms with Crippen LogP contribution < -0.4 is 5.32 Å². The van der Waals surface area contributed by atoms with Gasteiger partial charge in [0.05, 0.1) is 12.0 Å². The lowest BCUT2D eigenvalue weighted by atomic mass is 9.90. The highest BCUT2D eigenvalue weighted by atomic mass is 16.4. The van der Waals surface area contributed by atoms with Gasteiger partial charge in [0.2, 0.25) is 5.91 Å². The van der Waals surface area contributed by atoms with Gasteiger partial charge < -0.3 is 15.3 Å². The fourth-order valence-corrected chi connectivity index (χ4v) is 3.51. The summed E-state index contributed by atoms with van der Waals surface area (Å²) in [5.74, 6) is -1.88. The number of aromatic nitrogens is 1. The molecule has 3 rings (SSSR count). The highest BCUT2D eigenvalue weighted by Gasteiger charge is 2.47. The van der Waals surface area contributed by atoms with Crippen molar-refractivity contribution in [1.29, 1.82) is 0 Å². The summed E-state index contributed by atoms with van der Waals surface area (Å²) < 4.78 is 0. The van der Waals surface area contributed by atoms with Gasteiger partial charge in [-0.15, -0.1) is 0 Å². The van der Waals surface area contributed by atoms with Crippen molar-refractivity contribution in [3.05, 3.63) is 30.1 Å². The summed E-state index contributed by atoms with van der Waals surface area (Å²) in [4.78, 5) is 41.7. The van der Waals surface area contributed by atoms with Gasteiger partial charge in [0.25, 0.3) is 5.91 Å². The van der Waals surface area contributed by atoms with E-state index in [1.54, 1.807) is 18.2 Å². The first-order chi connectivity index (χ1) is 11.0. The monoisotopic (exact) mass is 317 g/mol. The third kappa shape index (κ3) is 3.04. The van der Waals surface area contributed by atoms with Gasteiger partial charge in [-0.1, -0.05) is 18.9 Å². The van der Waals surface area contributed by atoms with Gasteiger partial charge >= 0.3 is 5.97 Å². The van der Waals surface area contributed by atoms with Crippen LogP contribution in [0.25, 0.3) is 0 Å². The molecular formula is C16H19N3O4. The molecule has 1 saturated heterocycles. The first kappa shape index (κ1) is 15.5. The fourth-order valence-electron chi connectivity index (χ4n) is 3.51. The largest absolute Gasteiger partial charge is 0.481 e. The third-order valence-electron chi connectivity index (χ3n) is 4.61. The first-order valence-corrected chi connectivity index (χ1v) is 7.77. The van der Waals surface area contributed by atoms with E-state index >= 15 is 0 Å². The average Bonchev–Trinajstić information content (AvgIpc) is 2.97. The lowest BCUT2D eigenvalue weighted by Crippen LogP contribution is -2.67. The second-order valence-corrected chi connectivity index (χ2v) is 6.24. The molecule has 1 aromatic heterocycles. The summed E-state index contributed by atoms with van der Waals surface area (Å²) in [5, 5.41) is 12.0. The highest BCUT2D eigenvalue weighted by Crippen LogP contribution is 2.34. The van der Waals surface area contributed by atoms with Gasteiger partial charge in [0, 0.05) is 12.7 Å². The normalized spacial score (nSPS) is 22.9. The van der Waals surface area contributed by atoms with Gasteiger partial charge in [-0.3, -0.25) is 19.4 Å². The quantitative estimate of drug-likeness (QED) is 0.859.